The summed E-state index contributed by atoms with van der Waals surface area (Å²) in [5.41, 5.74) is -1.34. The Kier molecular flexibility index (Phi) is 4.93. The highest BCUT2D eigenvalue weighted by Gasteiger charge is 2.31. The number of nitrogens with zero attached hydrogens (tertiary/aromatic N) is 1. The first-order valence-corrected chi connectivity index (χ1v) is 4.40. The lowest BCUT2D eigenvalue weighted by molar-refractivity contribution is -0.472. The summed E-state index contributed by atoms with van der Waals surface area (Å²) in [5.74, 6) is -0.609. The molecule has 1 atom stereocenters. The quantitative estimate of drug-likeness (QED) is 0.314. The molecular formula is C9H15NO5. The van der Waals surface area contributed by atoms with Crippen molar-refractivity contribution >= 4 is 5.97 Å². The number of rotatable bonds is 5. The van der Waals surface area contributed by atoms with E-state index < -0.39 is 23.0 Å². The summed E-state index contributed by atoms with van der Waals surface area (Å²) in [6.07, 6.45) is 1.14. The molecule has 0 rings (SSSR count). The summed E-state index contributed by atoms with van der Waals surface area (Å²) in [7, 11) is 1.20. The smallest absolute Gasteiger partial charge is 0.308 e. The molecule has 86 valence electrons. The van der Waals surface area contributed by atoms with E-state index in [4.69, 9.17) is 0 Å². The molecule has 0 aliphatic rings. The van der Waals surface area contributed by atoms with E-state index in [9.17, 15) is 20.0 Å². The molecule has 0 aromatic rings. The number of aliphatic hydroxyl groups is 1. The van der Waals surface area contributed by atoms with E-state index in [1.807, 2.05) is 0 Å². The van der Waals surface area contributed by atoms with Crippen molar-refractivity contribution in [1.82, 2.24) is 0 Å². The maximum Gasteiger partial charge on any atom is 0.308 e. The van der Waals surface area contributed by atoms with Gasteiger partial charge in [-0.25, -0.2) is 0 Å². The van der Waals surface area contributed by atoms with Gasteiger partial charge in [0.2, 0.25) is 6.54 Å². The average Bonchev–Trinajstić information content (AvgIpc) is 2.12. The number of hydrogen-bond acceptors (Lipinski definition) is 5. The van der Waals surface area contributed by atoms with E-state index in [-0.39, 0.29) is 12.0 Å². The molecule has 0 saturated heterocycles. The van der Waals surface area contributed by atoms with Crippen molar-refractivity contribution in [1.29, 1.82) is 0 Å². The minimum Gasteiger partial charge on any atom is -0.469 e. The Hall–Kier alpha value is -1.43. The maximum atomic E-state index is 11.0. The molecule has 0 aliphatic carbocycles. The van der Waals surface area contributed by atoms with Crippen molar-refractivity contribution in [2.75, 3.05) is 13.7 Å². The van der Waals surface area contributed by atoms with Gasteiger partial charge in [-0.2, -0.15) is 0 Å². The number of methoxy groups -OCH3 is 1. The third kappa shape index (κ3) is 4.55. The molecule has 0 amide bonds. The summed E-state index contributed by atoms with van der Waals surface area (Å²) < 4.78 is 4.39. The fourth-order valence-electron chi connectivity index (χ4n) is 1.18. The number of carbonyl (C=O) groups is 1. The van der Waals surface area contributed by atoms with Crippen LogP contribution in [0.1, 0.15) is 20.3 Å². The van der Waals surface area contributed by atoms with Gasteiger partial charge in [0.05, 0.1) is 19.1 Å². The second-order valence-electron chi connectivity index (χ2n) is 3.33. The number of ether oxygens (including phenoxy) is 1. The lowest BCUT2D eigenvalue weighted by Gasteiger charge is -2.22. The largest absolute Gasteiger partial charge is 0.469 e. The molecular weight excluding hydrogens is 202 g/mol. The molecule has 0 aliphatic heterocycles. The van der Waals surface area contributed by atoms with Crippen molar-refractivity contribution in [3.05, 3.63) is 21.8 Å². The third-order valence-electron chi connectivity index (χ3n) is 2.06. The maximum absolute atomic E-state index is 11.0. The second kappa shape index (κ2) is 5.45. The zero-order chi connectivity index (χ0) is 12.1. The SMILES string of the molecule is C/C=C(\C[N+](=O)[O-])C(C)(O)CC(=O)OC. The Morgan fingerprint density at radius 2 is 2.20 bits per heavy atom. The van der Waals surface area contributed by atoms with Crippen LogP contribution in [0, 0.1) is 10.1 Å². The molecule has 0 saturated carbocycles. The predicted molar refractivity (Wildman–Crippen MR) is 52.9 cm³/mol. The fourth-order valence-corrected chi connectivity index (χ4v) is 1.18. The molecule has 15 heavy (non-hydrogen) atoms. The lowest BCUT2D eigenvalue weighted by atomic mass is 9.92. The number of hydrogen-bond donors (Lipinski definition) is 1. The summed E-state index contributed by atoms with van der Waals surface area (Å²) in [6, 6.07) is 0. The average molecular weight is 217 g/mol. The van der Waals surface area contributed by atoms with Crippen LogP contribution >= 0.6 is 0 Å². The normalized spacial score (nSPS) is 15.6. The van der Waals surface area contributed by atoms with Crippen LogP contribution in [0.2, 0.25) is 0 Å². The van der Waals surface area contributed by atoms with Gasteiger partial charge in [0, 0.05) is 10.5 Å². The highest BCUT2D eigenvalue weighted by molar-refractivity contribution is 5.71. The van der Waals surface area contributed by atoms with Crippen LogP contribution in [0.3, 0.4) is 0 Å². The van der Waals surface area contributed by atoms with Crippen LogP contribution in [0.15, 0.2) is 11.6 Å². The Labute approximate surface area is 87.7 Å². The molecule has 1 unspecified atom stereocenters. The van der Waals surface area contributed by atoms with Crippen LogP contribution in [0.4, 0.5) is 0 Å². The van der Waals surface area contributed by atoms with Gasteiger partial charge in [-0.1, -0.05) is 6.08 Å². The molecule has 0 aromatic heterocycles. The molecule has 6 heteroatoms. The lowest BCUT2D eigenvalue weighted by Crippen LogP contribution is -2.34. The molecule has 0 radical (unpaired) electrons. The van der Waals surface area contributed by atoms with E-state index in [0.717, 1.165) is 0 Å². The summed E-state index contributed by atoms with van der Waals surface area (Å²) in [5, 5.41) is 20.2. The summed E-state index contributed by atoms with van der Waals surface area (Å²) in [4.78, 5) is 20.7. The number of allylic oxidation sites excluding steroid dienone is 1. The van der Waals surface area contributed by atoms with Gasteiger partial charge >= 0.3 is 5.97 Å². The van der Waals surface area contributed by atoms with E-state index >= 15 is 0 Å². The van der Waals surface area contributed by atoms with Gasteiger partial charge in [0.15, 0.2) is 0 Å². The standard InChI is InChI=1S/C9H15NO5/c1-4-7(6-10(13)14)9(2,12)5-8(11)15-3/h4,12H,5-6H2,1-3H3/b7-4+. The fraction of sp³-hybridized carbons (Fsp3) is 0.667. The van der Waals surface area contributed by atoms with Crippen LogP contribution < -0.4 is 0 Å². The van der Waals surface area contributed by atoms with Crippen molar-refractivity contribution < 1.29 is 19.6 Å². The molecule has 0 spiro atoms. The predicted octanol–water partition coefficient (Wildman–Crippen LogP) is 0.523. The Balaban J connectivity index is 4.66. The third-order valence-corrected chi connectivity index (χ3v) is 2.06. The van der Waals surface area contributed by atoms with Crippen LogP contribution in [-0.2, 0) is 9.53 Å². The van der Waals surface area contributed by atoms with Crippen LogP contribution in [0.25, 0.3) is 0 Å². The number of esters is 1. The zero-order valence-electron chi connectivity index (χ0n) is 9.02. The first-order chi connectivity index (χ1) is 6.83. The summed E-state index contributed by atoms with van der Waals surface area (Å²) >= 11 is 0. The minimum absolute atomic E-state index is 0.193. The van der Waals surface area contributed by atoms with Crippen molar-refractivity contribution in [3.8, 4) is 0 Å². The summed E-state index contributed by atoms with van der Waals surface area (Å²) in [6.45, 7) is 2.44. The van der Waals surface area contributed by atoms with E-state index in [1.54, 1.807) is 6.92 Å². The second-order valence-corrected chi connectivity index (χ2v) is 3.33. The molecule has 0 bridgehead atoms. The number of nitro groups is 1. The highest BCUT2D eigenvalue weighted by Crippen LogP contribution is 2.21. The Bertz CT molecular complexity index is 282. The monoisotopic (exact) mass is 217 g/mol. The van der Waals surface area contributed by atoms with Crippen LogP contribution in [0.5, 0.6) is 0 Å². The van der Waals surface area contributed by atoms with Crippen molar-refractivity contribution in [3.63, 3.8) is 0 Å². The van der Waals surface area contributed by atoms with E-state index in [2.05, 4.69) is 4.74 Å². The van der Waals surface area contributed by atoms with E-state index in [1.165, 1.54) is 20.1 Å². The van der Waals surface area contributed by atoms with Crippen LogP contribution in [-0.4, -0.2) is 35.3 Å². The first kappa shape index (κ1) is 13.6. The van der Waals surface area contributed by atoms with Gasteiger partial charge in [-0.15, -0.1) is 0 Å². The van der Waals surface area contributed by atoms with Gasteiger partial charge in [-0.05, 0) is 13.8 Å². The zero-order valence-corrected chi connectivity index (χ0v) is 9.02. The molecule has 0 heterocycles. The molecule has 1 N–H and O–H groups in total. The molecule has 6 nitrogen and oxygen atoms in total. The van der Waals surface area contributed by atoms with Gasteiger partial charge in [0.1, 0.15) is 0 Å². The Morgan fingerprint density at radius 3 is 2.53 bits per heavy atom. The highest BCUT2D eigenvalue weighted by atomic mass is 16.6. The van der Waals surface area contributed by atoms with Crippen molar-refractivity contribution in [2.24, 2.45) is 0 Å². The first-order valence-electron chi connectivity index (χ1n) is 4.40. The van der Waals surface area contributed by atoms with Gasteiger partial charge < -0.3 is 9.84 Å². The van der Waals surface area contributed by atoms with Crippen molar-refractivity contribution in [2.45, 2.75) is 25.9 Å². The van der Waals surface area contributed by atoms with Gasteiger partial charge in [-0.3, -0.25) is 14.9 Å². The Morgan fingerprint density at radius 1 is 1.67 bits per heavy atom. The van der Waals surface area contributed by atoms with Gasteiger partial charge in [0.25, 0.3) is 0 Å². The molecule has 0 fully saturated rings. The van der Waals surface area contributed by atoms with E-state index in [0.29, 0.717) is 0 Å². The number of carbonyl (C=O) groups excluding carboxylic acids is 1. The minimum atomic E-state index is -1.53. The topological polar surface area (TPSA) is 89.7 Å². The molecule has 0 aromatic carbocycles.